The predicted molar refractivity (Wildman–Crippen MR) is 130 cm³/mol. The normalized spacial score (nSPS) is 11.6. The zero-order valence-electron chi connectivity index (χ0n) is 18.5. The van der Waals surface area contributed by atoms with E-state index in [0.29, 0.717) is 11.3 Å². The van der Waals surface area contributed by atoms with E-state index in [1.807, 2.05) is 17.5 Å². The van der Waals surface area contributed by atoms with Crippen LogP contribution in [0, 0.1) is 0 Å². The molecule has 0 bridgehead atoms. The predicted octanol–water partition coefficient (Wildman–Crippen LogP) is 3.78. The third-order valence-corrected chi connectivity index (χ3v) is 8.01. The number of sulfonamides is 1. The standard InChI is InChI=1S/C24H22N2O6S2/c1-31-18-10-9-16-12-17(23(27)25-21(16)13-18)14-26(15-19-6-5-11-33-19)34(29,30)22-8-4-3-7-20(22)24(28)32-2/h3-13H,14-15H2,1-2H3,(H,25,27). The van der Waals surface area contributed by atoms with Crippen molar-refractivity contribution in [3.63, 3.8) is 0 Å². The van der Waals surface area contributed by atoms with Gasteiger partial charge in [0.15, 0.2) is 0 Å². The summed E-state index contributed by atoms with van der Waals surface area (Å²) in [5.74, 6) is -0.162. The number of carbonyl (C=O) groups excluding carboxylic acids is 1. The first-order valence-electron chi connectivity index (χ1n) is 10.2. The van der Waals surface area contributed by atoms with Crippen molar-refractivity contribution in [2.24, 2.45) is 0 Å². The molecular formula is C24H22N2O6S2. The number of pyridine rings is 1. The van der Waals surface area contributed by atoms with Gasteiger partial charge in [0.25, 0.3) is 5.56 Å². The lowest BCUT2D eigenvalue weighted by atomic mass is 10.1. The van der Waals surface area contributed by atoms with E-state index in [1.165, 1.54) is 42.0 Å². The van der Waals surface area contributed by atoms with Crippen LogP contribution < -0.4 is 10.3 Å². The first kappa shape index (κ1) is 23.7. The zero-order chi connectivity index (χ0) is 24.3. The van der Waals surface area contributed by atoms with Crippen molar-refractivity contribution in [2.75, 3.05) is 14.2 Å². The van der Waals surface area contributed by atoms with Gasteiger partial charge in [-0.05, 0) is 47.2 Å². The fourth-order valence-corrected chi connectivity index (χ4v) is 5.95. The molecule has 0 saturated carbocycles. The topological polar surface area (TPSA) is 106 Å². The molecule has 0 aliphatic heterocycles. The van der Waals surface area contributed by atoms with Crippen LogP contribution in [-0.2, 0) is 27.8 Å². The van der Waals surface area contributed by atoms with Crippen molar-refractivity contribution in [3.8, 4) is 5.75 Å². The Labute approximate surface area is 200 Å². The first-order chi connectivity index (χ1) is 16.3. The number of hydrogen-bond donors (Lipinski definition) is 1. The Kier molecular flexibility index (Phi) is 6.82. The van der Waals surface area contributed by atoms with E-state index >= 15 is 0 Å². The van der Waals surface area contributed by atoms with Gasteiger partial charge >= 0.3 is 5.97 Å². The molecule has 2 aromatic carbocycles. The summed E-state index contributed by atoms with van der Waals surface area (Å²) in [7, 11) is -1.45. The lowest BCUT2D eigenvalue weighted by Gasteiger charge is -2.23. The Bertz CT molecular complexity index is 1490. The number of aromatic amines is 1. The molecule has 0 fully saturated rings. The molecule has 10 heteroatoms. The highest BCUT2D eigenvalue weighted by atomic mass is 32.2. The largest absolute Gasteiger partial charge is 0.497 e. The summed E-state index contributed by atoms with van der Waals surface area (Å²) in [5, 5.41) is 2.58. The van der Waals surface area contributed by atoms with Crippen LogP contribution >= 0.6 is 11.3 Å². The lowest BCUT2D eigenvalue weighted by Crippen LogP contribution is -2.33. The van der Waals surface area contributed by atoms with Gasteiger partial charge in [-0.1, -0.05) is 18.2 Å². The number of nitrogens with zero attached hydrogens (tertiary/aromatic N) is 1. The second-order valence-corrected chi connectivity index (χ2v) is 10.4. The summed E-state index contributed by atoms with van der Waals surface area (Å²) >= 11 is 1.40. The molecule has 0 aliphatic rings. The Morgan fingerprint density at radius 3 is 2.53 bits per heavy atom. The molecule has 0 spiro atoms. The van der Waals surface area contributed by atoms with Crippen molar-refractivity contribution in [1.82, 2.24) is 9.29 Å². The molecule has 176 valence electrons. The minimum Gasteiger partial charge on any atom is -0.497 e. The zero-order valence-corrected chi connectivity index (χ0v) is 20.1. The number of H-pyrrole nitrogens is 1. The number of thiophene rings is 1. The third-order valence-electron chi connectivity index (χ3n) is 5.30. The van der Waals surface area contributed by atoms with Crippen molar-refractivity contribution in [1.29, 1.82) is 0 Å². The van der Waals surface area contributed by atoms with Gasteiger partial charge in [0.05, 0.1) is 30.2 Å². The Hall–Kier alpha value is -3.47. The molecule has 34 heavy (non-hydrogen) atoms. The number of carbonyl (C=O) groups is 1. The number of esters is 1. The van der Waals surface area contributed by atoms with Crippen LogP contribution in [0.3, 0.4) is 0 Å². The number of fused-ring (bicyclic) bond motifs is 1. The van der Waals surface area contributed by atoms with Crippen LogP contribution in [0.5, 0.6) is 5.75 Å². The number of nitrogens with one attached hydrogen (secondary N) is 1. The van der Waals surface area contributed by atoms with Crippen LogP contribution in [0.25, 0.3) is 10.9 Å². The summed E-state index contributed by atoms with van der Waals surface area (Å²) in [6, 6.07) is 16.4. The van der Waals surface area contributed by atoms with E-state index in [4.69, 9.17) is 9.47 Å². The maximum atomic E-state index is 13.8. The maximum absolute atomic E-state index is 13.8. The van der Waals surface area contributed by atoms with Gasteiger partial charge in [-0.25, -0.2) is 13.2 Å². The molecule has 0 saturated heterocycles. The highest BCUT2D eigenvalue weighted by molar-refractivity contribution is 7.89. The van der Waals surface area contributed by atoms with Gasteiger partial charge in [-0.3, -0.25) is 4.79 Å². The van der Waals surface area contributed by atoms with Gasteiger partial charge in [-0.15, -0.1) is 11.3 Å². The number of methoxy groups -OCH3 is 2. The fraction of sp³-hybridized carbons (Fsp3) is 0.167. The molecule has 0 radical (unpaired) electrons. The molecule has 2 heterocycles. The Balaban J connectivity index is 1.80. The van der Waals surface area contributed by atoms with Crippen LogP contribution in [0.15, 0.2) is 75.7 Å². The summed E-state index contributed by atoms with van der Waals surface area (Å²) in [5.41, 5.74) is 0.374. The van der Waals surface area contributed by atoms with Crippen molar-refractivity contribution in [3.05, 3.63) is 92.4 Å². The number of hydrogen-bond acceptors (Lipinski definition) is 7. The number of rotatable bonds is 8. The van der Waals surface area contributed by atoms with Gasteiger partial charge in [-0.2, -0.15) is 4.31 Å². The lowest BCUT2D eigenvalue weighted by molar-refractivity contribution is 0.0596. The van der Waals surface area contributed by atoms with Gasteiger partial charge in [0, 0.05) is 29.6 Å². The van der Waals surface area contributed by atoms with E-state index in [1.54, 1.807) is 36.4 Å². The van der Waals surface area contributed by atoms with E-state index in [0.717, 1.165) is 10.3 Å². The quantitative estimate of drug-likeness (QED) is 0.371. The SMILES string of the molecule is COC(=O)c1ccccc1S(=O)(=O)N(Cc1cccs1)Cc1cc2ccc(OC)cc2[nH]c1=O. The molecule has 0 unspecified atom stereocenters. The Morgan fingerprint density at radius 2 is 1.82 bits per heavy atom. The second kappa shape index (κ2) is 9.80. The monoisotopic (exact) mass is 498 g/mol. The summed E-state index contributed by atoms with van der Waals surface area (Å²) in [6.45, 7) is -0.150. The van der Waals surface area contributed by atoms with Gasteiger partial charge < -0.3 is 14.5 Å². The highest BCUT2D eigenvalue weighted by Crippen LogP contribution is 2.26. The molecule has 8 nitrogen and oxygen atoms in total. The summed E-state index contributed by atoms with van der Waals surface area (Å²) in [6.07, 6.45) is 0. The average molecular weight is 499 g/mol. The smallest absolute Gasteiger partial charge is 0.339 e. The third kappa shape index (κ3) is 4.74. The van der Waals surface area contributed by atoms with Crippen molar-refractivity contribution < 1.29 is 22.7 Å². The minimum atomic E-state index is -4.18. The van der Waals surface area contributed by atoms with Gasteiger partial charge in [0.1, 0.15) is 5.75 Å². The van der Waals surface area contributed by atoms with Crippen LogP contribution in [0.2, 0.25) is 0 Å². The molecule has 2 aromatic heterocycles. The van der Waals surface area contributed by atoms with Crippen molar-refractivity contribution >= 4 is 38.2 Å². The van der Waals surface area contributed by atoms with Crippen LogP contribution in [0.4, 0.5) is 0 Å². The molecule has 1 N–H and O–H groups in total. The van der Waals surface area contributed by atoms with E-state index in [2.05, 4.69) is 4.98 Å². The minimum absolute atomic E-state index is 0.0373. The highest BCUT2D eigenvalue weighted by Gasteiger charge is 2.30. The summed E-state index contributed by atoms with van der Waals surface area (Å²) in [4.78, 5) is 28.5. The van der Waals surface area contributed by atoms with E-state index in [-0.39, 0.29) is 29.1 Å². The van der Waals surface area contributed by atoms with Crippen LogP contribution in [0.1, 0.15) is 20.8 Å². The van der Waals surface area contributed by atoms with E-state index in [9.17, 15) is 18.0 Å². The first-order valence-corrected chi connectivity index (χ1v) is 12.6. The second-order valence-electron chi connectivity index (χ2n) is 7.42. The average Bonchev–Trinajstić information content (AvgIpc) is 3.36. The molecule has 4 aromatic rings. The molecule has 0 amide bonds. The molecule has 0 atom stereocenters. The number of aromatic nitrogens is 1. The maximum Gasteiger partial charge on any atom is 0.339 e. The van der Waals surface area contributed by atoms with Gasteiger partial charge in [0.2, 0.25) is 10.0 Å². The summed E-state index contributed by atoms with van der Waals surface area (Å²) < 4.78 is 38.7. The molecule has 4 rings (SSSR count). The number of ether oxygens (including phenoxy) is 2. The fourth-order valence-electron chi connectivity index (χ4n) is 3.57. The molecular weight excluding hydrogens is 476 g/mol. The Morgan fingerprint density at radius 1 is 1.03 bits per heavy atom. The van der Waals surface area contributed by atoms with Crippen molar-refractivity contribution in [2.45, 2.75) is 18.0 Å². The molecule has 0 aliphatic carbocycles. The van der Waals surface area contributed by atoms with Crippen LogP contribution in [-0.4, -0.2) is 37.9 Å². The van der Waals surface area contributed by atoms with E-state index < -0.39 is 21.6 Å². The number of benzene rings is 2.